The fourth-order valence-corrected chi connectivity index (χ4v) is 4.51. The van der Waals surface area contributed by atoms with Crippen LogP contribution in [0.3, 0.4) is 0 Å². The first-order chi connectivity index (χ1) is 15.8. The van der Waals surface area contributed by atoms with E-state index >= 15 is 0 Å². The number of halogens is 1. The number of carbonyl (C=O) groups excluding carboxylic acids is 1. The summed E-state index contributed by atoms with van der Waals surface area (Å²) in [4.78, 5) is 12.7. The smallest absolute Gasteiger partial charge is 0.260 e. The molecule has 3 aromatic rings. The molecule has 2 aromatic carbocycles. The molecule has 1 aromatic heterocycles. The van der Waals surface area contributed by atoms with Crippen molar-refractivity contribution >= 4 is 34.5 Å². The van der Waals surface area contributed by atoms with Crippen LogP contribution < -0.4 is 10.1 Å². The van der Waals surface area contributed by atoms with Crippen LogP contribution in [0, 0.1) is 0 Å². The van der Waals surface area contributed by atoms with Crippen molar-refractivity contribution in [2.45, 2.75) is 44.8 Å². The number of carbonyl (C=O) groups is 1. The number of hydrogen-bond acceptors (Lipinski definition) is 6. The Kier molecular flexibility index (Phi) is 5.38. The second-order valence-corrected chi connectivity index (χ2v) is 9.10. The molecule has 0 radical (unpaired) electrons. The summed E-state index contributed by atoms with van der Waals surface area (Å²) < 4.78 is 10.7. The van der Waals surface area contributed by atoms with Crippen molar-refractivity contribution in [2.75, 3.05) is 5.32 Å². The number of ether oxygens (including phenoxy) is 1. The van der Waals surface area contributed by atoms with Gasteiger partial charge in [0.2, 0.25) is 5.76 Å². The van der Waals surface area contributed by atoms with Crippen LogP contribution in [0.1, 0.15) is 49.5 Å². The molecule has 1 aliphatic carbocycles. The van der Waals surface area contributed by atoms with Crippen LogP contribution >= 0.6 is 11.6 Å². The van der Waals surface area contributed by atoms with Crippen LogP contribution in [0.25, 0.3) is 22.5 Å². The van der Waals surface area contributed by atoms with E-state index in [0.717, 1.165) is 24.0 Å². The second kappa shape index (κ2) is 8.24. The molecule has 2 heterocycles. The van der Waals surface area contributed by atoms with E-state index < -0.39 is 5.91 Å². The minimum atomic E-state index is -0.461. The Labute approximate surface area is 195 Å². The highest BCUT2D eigenvalue weighted by Crippen LogP contribution is 2.43. The third-order valence-electron chi connectivity index (χ3n) is 5.97. The molecule has 1 saturated carbocycles. The number of aliphatic hydroxyl groups is 2. The van der Waals surface area contributed by atoms with Crippen LogP contribution in [0.2, 0.25) is 5.02 Å². The van der Waals surface area contributed by atoms with Crippen LogP contribution in [0.4, 0.5) is 5.69 Å². The van der Waals surface area contributed by atoms with Crippen molar-refractivity contribution in [3.05, 3.63) is 64.4 Å². The third kappa shape index (κ3) is 3.98. The minimum Gasteiger partial charge on any atom is -0.504 e. The van der Waals surface area contributed by atoms with Gasteiger partial charge in [0, 0.05) is 11.1 Å². The number of anilines is 1. The number of fused-ring (bicyclic) bond motifs is 1. The number of hydrogen-bond donors (Lipinski definition) is 3. The summed E-state index contributed by atoms with van der Waals surface area (Å²) in [6.45, 7) is 3.70. The number of aliphatic hydroxyl groups excluding tert-OH is 2. The average molecular weight is 467 g/mol. The predicted octanol–water partition coefficient (Wildman–Crippen LogP) is 5.40. The molecular formula is C25H23ClN2O5. The zero-order valence-electron chi connectivity index (χ0n) is 18.1. The first kappa shape index (κ1) is 21.6. The zero-order valence-corrected chi connectivity index (χ0v) is 18.9. The Balaban J connectivity index is 1.51. The van der Waals surface area contributed by atoms with Gasteiger partial charge in [0.25, 0.3) is 11.8 Å². The first-order valence-corrected chi connectivity index (χ1v) is 11.2. The summed E-state index contributed by atoms with van der Waals surface area (Å²) in [5, 5.41) is 27.4. The standard InChI is InChI=1S/C25H23ClN2O5/c1-12(2)32-22-11-21(33-28-22)24(30)23-18-9-17(19(26)10-20(18)27-25(23)31)14-5-3-13(4-6-14)15-7-16(29)8-15/h3-6,9-12,15-16,29-30H,7-8H2,1-2H3,(H,27,31). The van der Waals surface area contributed by atoms with Crippen molar-refractivity contribution in [1.82, 2.24) is 5.16 Å². The van der Waals surface area contributed by atoms with Crippen molar-refractivity contribution in [2.24, 2.45) is 0 Å². The van der Waals surface area contributed by atoms with Crippen LogP contribution in [-0.2, 0) is 4.79 Å². The van der Waals surface area contributed by atoms with E-state index in [1.165, 1.54) is 11.6 Å². The summed E-state index contributed by atoms with van der Waals surface area (Å²) in [6, 6.07) is 12.9. The molecule has 0 spiro atoms. The molecule has 170 valence electrons. The Bertz CT molecular complexity index is 1260. The molecule has 0 unspecified atom stereocenters. The largest absolute Gasteiger partial charge is 0.504 e. The molecule has 5 rings (SSSR count). The molecule has 2 aliphatic rings. The van der Waals surface area contributed by atoms with Crippen LogP contribution in [0.15, 0.2) is 47.0 Å². The number of rotatable bonds is 5. The van der Waals surface area contributed by atoms with Gasteiger partial charge in [-0.3, -0.25) is 4.79 Å². The maximum Gasteiger partial charge on any atom is 0.260 e. The highest BCUT2D eigenvalue weighted by atomic mass is 35.5. The van der Waals surface area contributed by atoms with Crippen LogP contribution in [0.5, 0.6) is 5.88 Å². The quantitative estimate of drug-likeness (QED) is 0.343. The lowest BCUT2D eigenvalue weighted by atomic mass is 9.77. The summed E-state index contributed by atoms with van der Waals surface area (Å²) >= 11 is 6.54. The topological polar surface area (TPSA) is 105 Å². The molecule has 1 fully saturated rings. The van der Waals surface area contributed by atoms with Crippen molar-refractivity contribution in [3.8, 4) is 17.0 Å². The highest BCUT2D eigenvalue weighted by molar-refractivity contribution is 6.38. The lowest BCUT2D eigenvalue weighted by molar-refractivity contribution is -0.110. The summed E-state index contributed by atoms with van der Waals surface area (Å²) in [5.41, 5.74) is 3.91. The molecule has 0 bridgehead atoms. The van der Waals surface area contributed by atoms with E-state index in [2.05, 4.69) is 10.5 Å². The number of benzene rings is 2. The lowest BCUT2D eigenvalue weighted by Gasteiger charge is -2.31. The maximum atomic E-state index is 12.7. The van der Waals surface area contributed by atoms with Gasteiger partial charge in [0.1, 0.15) is 0 Å². The van der Waals surface area contributed by atoms with E-state index in [1.54, 1.807) is 12.1 Å². The number of nitrogens with one attached hydrogen (secondary N) is 1. The molecular weight excluding hydrogens is 444 g/mol. The number of aromatic nitrogens is 1. The molecule has 0 saturated heterocycles. The van der Waals surface area contributed by atoms with E-state index in [1.807, 2.05) is 38.1 Å². The summed E-state index contributed by atoms with van der Waals surface area (Å²) in [5.74, 6) is -0.153. The van der Waals surface area contributed by atoms with Gasteiger partial charge in [0.05, 0.1) is 34.6 Å². The Hall–Kier alpha value is -3.29. The van der Waals surface area contributed by atoms with Crippen molar-refractivity contribution in [3.63, 3.8) is 0 Å². The minimum absolute atomic E-state index is 0.0344. The molecule has 0 atom stereocenters. The van der Waals surface area contributed by atoms with Gasteiger partial charge in [-0.2, -0.15) is 0 Å². The Morgan fingerprint density at radius 2 is 1.91 bits per heavy atom. The van der Waals surface area contributed by atoms with Gasteiger partial charge in [-0.1, -0.05) is 35.9 Å². The molecule has 33 heavy (non-hydrogen) atoms. The fraction of sp³-hybridized carbons (Fsp3) is 0.280. The average Bonchev–Trinajstić information content (AvgIpc) is 3.33. The SMILES string of the molecule is CC(C)Oc1cc(C(O)=C2C(=O)Nc3cc(Cl)c(-c4ccc(C5CC(O)C5)cc4)cc32)on1. The van der Waals surface area contributed by atoms with Gasteiger partial charge in [0.15, 0.2) is 5.76 Å². The van der Waals surface area contributed by atoms with E-state index in [-0.39, 0.29) is 35.2 Å². The molecule has 8 heteroatoms. The maximum absolute atomic E-state index is 12.7. The van der Waals surface area contributed by atoms with Gasteiger partial charge in [-0.05, 0) is 61.0 Å². The zero-order chi connectivity index (χ0) is 23.3. The molecule has 7 nitrogen and oxygen atoms in total. The van der Waals surface area contributed by atoms with E-state index in [9.17, 15) is 15.0 Å². The fourth-order valence-electron chi connectivity index (χ4n) is 4.23. The monoisotopic (exact) mass is 466 g/mol. The summed E-state index contributed by atoms with van der Waals surface area (Å²) in [7, 11) is 0. The Morgan fingerprint density at radius 1 is 1.18 bits per heavy atom. The molecule has 1 amide bonds. The normalized spacial score (nSPS) is 20.9. The lowest BCUT2D eigenvalue weighted by Crippen LogP contribution is -2.26. The first-order valence-electron chi connectivity index (χ1n) is 10.8. The van der Waals surface area contributed by atoms with E-state index in [4.69, 9.17) is 20.9 Å². The third-order valence-corrected chi connectivity index (χ3v) is 6.29. The van der Waals surface area contributed by atoms with Gasteiger partial charge in [-0.25, -0.2) is 0 Å². The van der Waals surface area contributed by atoms with Gasteiger partial charge < -0.3 is 24.8 Å². The van der Waals surface area contributed by atoms with Crippen molar-refractivity contribution in [1.29, 1.82) is 0 Å². The second-order valence-electron chi connectivity index (χ2n) is 8.70. The highest BCUT2D eigenvalue weighted by Gasteiger charge is 2.32. The number of amides is 1. The van der Waals surface area contributed by atoms with Crippen molar-refractivity contribution < 1.29 is 24.3 Å². The van der Waals surface area contributed by atoms with Crippen LogP contribution in [-0.4, -0.2) is 33.5 Å². The molecule has 3 N–H and O–H groups in total. The van der Waals surface area contributed by atoms with Gasteiger partial charge in [-0.15, -0.1) is 0 Å². The predicted molar refractivity (Wildman–Crippen MR) is 125 cm³/mol. The van der Waals surface area contributed by atoms with Gasteiger partial charge >= 0.3 is 0 Å². The number of nitrogens with zero attached hydrogens (tertiary/aromatic N) is 1. The summed E-state index contributed by atoms with van der Waals surface area (Å²) in [6.07, 6.45) is 1.25. The van der Waals surface area contributed by atoms with E-state index in [0.29, 0.717) is 22.2 Å². The molecule has 1 aliphatic heterocycles. The Morgan fingerprint density at radius 3 is 2.58 bits per heavy atom.